The first-order valence-corrected chi connectivity index (χ1v) is 4.16. The van der Waals surface area contributed by atoms with Gasteiger partial charge in [-0.05, 0) is 18.9 Å². The second-order valence-electron chi connectivity index (χ2n) is 2.88. The lowest BCUT2D eigenvalue weighted by atomic mass is 10.1. The second kappa shape index (κ2) is 4.55. The molecular formula is C12H14. The first kappa shape index (κ1) is 8.79. The molecule has 0 nitrogen and oxygen atoms in total. The van der Waals surface area contributed by atoms with Crippen molar-refractivity contribution in [2.24, 2.45) is 0 Å². The standard InChI is InChI=1S/C12H14/c1-11-7-5-3-4-6-8-12(2)10-9-11/h3-5,7-10H,1,6H2,2H3/b4-3-,7-5-,10-9-,12-8-. The quantitative estimate of drug-likeness (QED) is 0.505. The van der Waals surface area contributed by atoms with Gasteiger partial charge < -0.3 is 0 Å². The normalized spacial score (nSPS) is 30.1. The molecule has 1 rings (SSSR count). The molecule has 0 aromatic heterocycles. The summed E-state index contributed by atoms with van der Waals surface area (Å²) in [5, 5.41) is 0. The van der Waals surface area contributed by atoms with Crippen LogP contribution < -0.4 is 0 Å². The second-order valence-corrected chi connectivity index (χ2v) is 2.88. The Bertz CT molecular complexity index is 268. The number of hydrogen-bond acceptors (Lipinski definition) is 0. The van der Waals surface area contributed by atoms with Crippen molar-refractivity contribution in [2.75, 3.05) is 0 Å². The summed E-state index contributed by atoms with van der Waals surface area (Å²) in [4.78, 5) is 0. The van der Waals surface area contributed by atoms with Gasteiger partial charge in [-0.3, -0.25) is 0 Å². The van der Waals surface area contributed by atoms with Gasteiger partial charge in [0, 0.05) is 0 Å². The van der Waals surface area contributed by atoms with Gasteiger partial charge in [-0.25, -0.2) is 0 Å². The fourth-order valence-electron chi connectivity index (χ4n) is 0.952. The molecule has 0 heterocycles. The summed E-state index contributed by atoms with van der Waals surface area (Å²) >= 11 is 0. The topological polar surface area (TPSA) is 0 Å². The van der Waals surface area contributed by atoms with Crippen molar-refractivity contribution < 1.29 is 0 Å². The molecule has 0 bridgehead atoms. The smallest absolute Gasteiger partial charge is 0.0160 e. The molecule has 0 fully saturated rings. The van der Waals surface area contributed by atoms with Crippen molar-refractivity contribution in [1.82, 2.24) is 0 Å². The Kier molecular flexibility index (Phi) is 3.34. The SMILES string of the molecule is C=C1/C=C\C=C/C/C=C(C)\C=C/1. The molecule has 0 saturated carbocycles. The third-order valence-electron chi connectivity index (χ3n) is 1.69. The maximum absolute atomic E-state index is 3.89. The Morgan fingerprint density at radius 2 is 2.00 bits per heavy atom. The van der Waals surface area contributed by atoms with E-state index in [4.69, 9.17) is 0 Å². The van der Waals surface area contributed by atoms with Crippen molar-refractivity contribution >= 4 is 0 Å². The Morgan fingerprint density at radius 1 is 1.17 bits per heavy atom. The molecule has 0 aromatic rings. The Balaban J connectivity index is 2.80. The summed E-state index contributed by atoms with van der Waals surface area (Å²) in [6.07, 6.45) is 15.5. The third kappa shape index (κ3) is 3.20. The number of hydrogen-bond donors (Lipinski definition) is 0. The lowest BCUT2D eigenvalue weighted by Crippen LogP contribution is -1.73. The molecule has 0 spiro atoms. The van der Waals surface area contributed by atoms with E-state index in [0.29, 0.717) is 0 Å². The van der Waals surface area contributed by atoms with E-state index >= 15 is 0 Å². The van der Waals surface area contributed by atoms with Crippen LogP contribution in [0.25, 0.3) is 0 Å². The fraction of sp³-hybridized carbons (Fsp3) is 0.167. The largest absolute Gasteiger partial charge is 0.0918 e. The zero-order valence-corrected chi connectivity index (χ0v) is 7.46. The summed E-state index contributed by atoms with van der Waals surface area (Å²) in [5.74, 6) is 0. The summed E-state index contributed by atoms with van der Waals surface area (Å²) in [6.45, 7) is 5.99. The summed E-state index contributed by atoms with van der Waals surface area (Å²) in [5.41, 5.74) is 2.32. The molecular weight excluding hydrogens is 144 g/mol. The molecule has 0 aromatic carbocycles. The highest BCUT2D eigenvalue weighted by Crippen LogP contribution is 2.04. The van der Waals surface area contributed by atoms with Gasteiger partial charge in [-0.1, -0.05) is 54.7 Å². The minimum absolute atomic E-state index is 1.01. The van der Waals surface area contributed by atoms with Crippen molar-refractivity contribution in [3.8, 4) is 0 Å². The van der Waals surface area contributed by atoms with Crippen LogP contribution in [0.1, 0.15) is 13.3 Å². The van der Waals surface area contributed by atoms with Crippen LogP contribution in [0.15, 0.2) is 60.3 Å². The molecule has 0 radical (unpaired) electrons. The predicted octanol–water partition coefficient (Wildman–Crippen LogP) is 3.56. The molecule has 1 aliphatic rings. The van der Waals surface area contributed by atoms with Crippen LogP contribution in [0.5, 0.6) is 0 Å². The lowest BCUT2D eigenvalue weighted by Gasteiger charge is -1.93. The summed E-state index contributed by atoms with van der Waals surface area (Å²) in [7, 11) is 0. The van der Waals surface area contributed by atoms with E-state index in [0.717, 1.165) is 12.0 Å². The van der Waals surface area contributed by atoms with Crippen LogP contribution in [-0.2, 0) is 0 Å². The molecule has 1 aliphatic carbocycles. The average Bonchev–Trinajstić information content (AvgIpc) is 2.07. The van der Waals surface area contributed by atoms with Crippen LogP contribution in [-0.4, -0.2) is 0 Å². The van der Waals surface area contributed by atoms with E-state index in [1.54, 1.807) is 0 Å². The van der Waals surface area contributed by atoms with Crippen LogP contribution in [0.2, 0.25) is 0 Å². The molecule has 0 N–H and O–H groups in total. The van der Waals surface area contributed by atoms with Gasteiger partial charge in [-0.15, -0.1) is 0 Å². The Hall–Kier alpha value is -1.30. The minimum atomic E-state index is 1.01. The van der Waals surface area contributed by atoms with Crippen LogP contribution in [0.4, 0.5) is 0 Å². The van der Waals surface area contributed by atoms with E-state index in [-0.39, 0.29) is 0 Å². The van der Waals surface area contributed by atoms with Crippen LogP contribution >= 0.6 is 0 Å². The number of rotatable bonds is 0. The maximum atomic E-state index is 3.89. The van der Waals surface area contributed by atoms with Gasteiger partial charge in [0.15, 0.2) is 0 Å². The van der Waals surface area contributed by atoms with Crippen molar-refractivity contribution in [3.05, 3.63) is 60.3 Å². The van der Waals surface area contributed by atoms with Gasteiger partial charge in [0.2, 0.25) is 0 Å². The lowest BCUT2D eigenvalue weighted by molar-refractivity contribution is 1.33. The number of allylic oxidation sites excluding steroid dienone is 9. The molecule has 0 aliphatic heterocycles. The van der Waals surface area contributed by atoms with Gasteiger partial charge in [-0.2, -0.15) is 0 Å². The van der Waals surface area contributed by atoms with Crippen molar-refractivity contribution in [3.63, 3.8) is 0 Å². The monoisotopic (exact) mass is 158 g/mol. The fourth-order valence-corrected chi connectivity index (χ4v) is 0.952. The molecule has 0 unspecified atom stereocenters. The molecule has 12 heavy (non-hydrogen) atoms. The van der Waals surface area contributed by atoms with E-state index in [9.17, 15) is 0 Å². The van der Waals surface area contributed by atoms with Crippen LogP contribution in [0, 0.1) is 0 Å². The van der Waals surface area contributed by atoms with Crippen molar-refractivity contribution in [2.45, 2.75) is 13.3 Å². The van der Waals surface area contributed by atoms with E-state index in [2.05, 4.69) is 31.7 Å². The minimum Gasteiger partial charge on any atom is -0.0918 e. The van der Waals surface area contributed by atoms with Gasteiger partial charge in [0.1, 0.15) is 0 Å². The molecule has 62 valence electrons. The van der Waals surface area contributed by atoms with E-state index < -0.39 is 0 Å². The summed E-state index contributed by atoms with van der Waals surface area (Å²) < 4.78 is 0. The molecule has 0 heteroatoms. The Labute approximate surface area is 74.3 Å². The highest BCUT2D eigenvalue weighted by atomic mass is 13.9. The first-order chi connectivity index (χ1) is 5.79. The van der Waals surface area contributed by atoms with Crippen molar-refractivity contribution in [1.29, 1.82) is 0 Å². The summed E-state index contributed by atoms with van der Waals surface area (Å²) in [6, 6.07) is 0. The van der Waals surface area contributed by atoms with Gasteiger partial charge in [0.05, 0.1) is 0 Å². The third-order valence-corrected chi connectivity index (χ3v) is 1.69. The first-order valence-electron chi connectivity index (χ1n) is 4.16. The molecule has 0 amide bonds. The average molecular weight is 158 g/mol. The molecule has 0 saturated heterocycles. The maximum Gasteiger partial charge on any atom is -0.0160 e. The highest BCUT2D eigenvalue weighted by Gasteiger charge is 1.84. The predicted molar refractivity (Wildman–Crippen MR) is 54.9 cm³/mol. The highest BCUT2D eigenvalue weighted by molar-refractivity contribution is 5.34. The Morgan fingerprint density at radius 3 is 2.83 bits per heavy atom. The van der Waals surface area contributed by atoms with Gasteiger partial charge in [0.25, 0.3) is 0 Å². The van der Waals surface area contributed by atoms with E-state index in [1.807, 2.05) is 24.3 Å². The zero-order valence-electron chi connectivity index (χ0n) is 7.46. The van der Waals surface area contributed by atoms with Gasteiger partial charge >= 0.3 is 0 Å². The van der Waals surface area contributed by atoms with E-state index in [1.165, 1.54) is 5.57 Å². The zero-order chi connectivity index (χ0) is 8.81. The molecule has 0 atom stereocenters. The van der Waals surface area contributed by atoms with Crippen LogP contribution in [0.3, 0.4) is 0 Å².